The van der Waals surface area contributed by atoms with Crippen LogP contribution < -0.4 is 0 Å². The van der Waals surface area contributed by atoms with Crippen LogP contribution in [0.25, 0.3) is 0 Å². The van der Waals surface area contributed by atoms with Crippen molar-refractivity contribution < 1.29 is 19.2 Å². The molecule has 4 nitrogen and oxygen atoms in total. The monoisotopic (exact) mass is 266 g/mol. The summed E-state index contributed by atoms with van der Waals surface area (Å²) in [5.41, 5.74) is 0.817. The third-order valence-corrected chi connectivity index (χ3v) is 5.65. The molecular formula is C15H22O4. The van der Waals surface area contributed by atoms with Gasteiger partial charge in [0.05, 0.1) is 6.26 Å². The van der Waals surface area contributed by atoms with Crippen molar-refractivity contribution in [3.63, 3.8) is 0 Å². The molecule has 4 aliphatic heterocycles. The lowest BCUT2D eigenvalue weighted by Gasteiger charge is -2.56. The van der Waals surface area contributed by atoms with E-state index < -0.39 is 11.4 Å². The van der Waals surface area contributed by atoms with Crippen LogP contribution in [-0.2, 0) is 19.2 Å². The van der Waals surface area contributed by atoms with Crippen LogP contribution >= 0.6 is 0 Å². The summed E-state index contributed by atoms with van der Waals surface area (Å²) in [4.78, 5) is 11.7. The van der Waals surface area contributed by atoms with Gasteiger partial charge in [-0.1, -0.05) is 6.92 Å². The van der Waals surface area contributed by atoms with E-state index in [1.54, 1.807) is 0 Å². The Morgan fingerprint density at radius 2 is 2.05 bits per heavy atom. The Bertz CT molecular complexity index is 434. The molecule has 19 heavy (non-hydrogen) atoms. The Morgan fingerprint density at radius 1 is 1.21 bits per heavy atom. The van der Waals surface area contributed by atoms with Crippen LogP contribution in [0.5, 0.6) is 0 Å². The number of hydrogen-bond acceptors (Lipinski definition) is 4. The fourth-order valence-corrected chi connectivity index (χ4v) is 4.55. The topological polar surface area (TPSA) is 36.9 Å². The first-order valence-electron chi connectivity index (χ1n) is 7.42. The largest absolute Gasteiger partial charge is 0.469 e. The maximum Gasteiger partial charge on any atom is 0.235 e. The molecule has 0 aromatic carbocycles. The molecule has 0 N–H and O–H groups in total. The molecule has 2 bridgehead atoms. The van der Waals surface area contributed by atoms with Gasteiger partial charge in [0.1, 0.15) is 0 Å². The van der Waals surface area contributed by atoms with Gasteiger partial charge in [-0.25, -0.2) is 9.78 Å². The van der Waals surface area contributed by atoms with Crippen molar-refractivity contribution in [2.75, 3.05) is 0 Å². The van der Waals surface area contributed by atoms with Crippen LogP contribution in [-0.4, -0.2) is 17.7 Å². The molecule has 1 saturated carbocycles. The van der Waals surface area contributed by atoms with Crippen molar-refractivity contribution in [1.29, 1.82) is 0 Å². The van der Waals surface area contributed by atoms with Crippen LogP contribution in [0.4, 0.5) is 0 Å². The van der Waals surface area contributed by atoms with Gasteiger partial charge in [0, 0.05) is 18.3 Å². The molecule has 0 aromatic rings. The summed E-state index contributed by atoms with van der Waals surface area (Å²) < 4.78 is 12.0. The average molecular weight is 266 g/mol. The van der Waals surface area contributed by atoms with Crippen molar-refractivity contribution in [3.05, 3.63) is 11.8 Å². The summed E-state index contributed by atoms with van der Waals surface area (Å²) in [7, 11) is 0. The summed E-state index contributed by atoms with van der Waals surface area (Å²) >= 11 is 0. The molecule has 0 aromatic heterocycles. The van der Waals surface area contributed by atoms with Crippen LogP contribution in [0.3, 0.4) is 0 Å². The summed E-state index contributed by atoms with van der Waals surface area (Å²) in [5, 5.41) is 0. The highest BCUT2D eigenvalue weighted by Gasteiger charge is 2.67. The van der Waals surface area contributed by atoms with Crippen LogP contribution in [0, 0.1) is 17.8 Å². The summed E-state index contributed by atoms with van der Waals surface area (Å²) in [6, 6.07) is 0. The molecule has 4 fully saturated rings. The van der Waals surface area contributed by atoms with Gasteiger partial charge in [0.15, 0.2) is 5.60 Å². The smallest absolute Gasteiger partial charge is 0.235 e. The molecule has 5 rings (SSSR count). The van der Waals surface area contributed by atoms with E-state index in [-0.39, 0.29) is 6.29 Å². The van der Waals surface area contributed by atoms with Crippen molar-refractivity contribution in [3.8, 4) is 0 Å². The maximum atomic E-state index is 6.11. The molecule has 0 unspecified atom stereocenters. The molecular weight excluding hydrogens is 244 g/mol. The van der Waals surface area contributed by atoms with Gasteiger partial charge in [0.2, 0.25) is 12.1 Å². The lowest BCUT2D eigenvalue weighted by molar-refractivity contribution is -0.555. The predicted octanol–water partition coefficient (Wildman–Crippen LogP) is 3.14. The highest BCUT2D eigenvalue weighted by Crippen LogP contribution is 2.59. The van der Waals surface area contributed by atoms with E-state index >= 15 is 0 Å². The fraction of sp³-hybridized carbons (Fsp3) is 0.867. The lowest BCUT2D eigenvalue weighted by Crippen LogP contribution is -2.66. The molecule has 6 atom stereocenters. The number of fused-ring (bicyclic) bond motifs is 2. The minimum absolute atomic E-state index is 0.324. The Kier molecular flexibility index (Phi) is 2.40. The second kappa shape index (κ2) is 3.74. The SMILES string of the molecule is CC1=CO[C@@H]2O[C@@]3(C)CC[C@@H]4[C@H](C)CC[C@H]1[C@@]24OO3. The second-order valence-corrected chi connectivity index (χ2v) is 6.85. The average Bonchev–Trinajstić information content (AvgIpc) is 2.61. The summed E-state index contributed by atoms with van der Waals surface area (Å²) in [6.07, 6.45) is 5.87. The van der Waals surface area contributed by atoms with Crippen molar-refractivity contribution >= 4 is 0 Å². The standard InChI is InChI=1S/C15H22O4/c1-9-4-5-11-10(2)8-16-13-15(11)12(9)6-7-14(3,17-13)18-19-15/h8-9,11-13H,4-7H2,1-3H3/t9-,11-,12-,13-,14-,15+/m1/s1. The Morgan fingerprint density at radius 3 is 2.89 bits per heavy atom. The molecule has 3 saturated heterocycles. The van der Waals surface area contributed by atoms with Crippen LogP contribution in [0.15, 0.2) is 11.8 Å². The zero-order chi connectivity index (χ0) is 13.3. The predicted molar refractivity (Wildman–Crippen MR) is 67.6 cm³/mol. The molecule has 5 aliphatic rings. The van der Waals surface area contributed by atoms with E-state index in [4.69, 9.17) is 19.2 Å². The Hall–Kier alpha value is -0.580. The Labute approximate surface area is 114 Å². The number of hydrogen-bond donors (Lipinski definition) is 0. The van der Waals surface area contributed by atoms with Crippen molar-refractivity contribution in [2.24, 2.45) is 17.8 Å². The third kappa shape index (κ3) is 1.45. The molecule has 1 aliphatic carbocycles. The van der Waals surface area contributed by atoms with E-state index in [0.717, 1.165) is 19.3 Å². The highest BCUT2D eigenvalue weighted by atomic mass is 17.3. The number of ether oxygens (including phenoxy) is 2. The van der Waals surface area contributed by atoms with E-state index in [9.17, 15) is 0 Å². The van der Waals surface area contributed by atoms with Crippen molar-refractivity contribution in [2.45, 2.75) is 64.1 Å². The van der Waals surface area contributed by atoms with Crippen LogP contribution in [0.1, 0.15) is 46.5 Å². The summed E-state index contributed by atoms with van der Waals surface area (Å²) in [6.45, 7) is 6.40. The van der Waals surface area contributed by atoms with Gasteiger partial charge in [-0.2, -0.15) is 0 Å². The first-order valence-corrected chi connectivity index (χ1v) is 7.42. The first kappa shape index (κ1) is 12.2. The van der Waals surface area contributed by atoms with Gasteiger partial charge in [-0.15, -0.1) is 0 Å². The van der Waals surface area contributed by atoms with E-state index in [1.165, 1.54) is 12.0 Å². The number of rotatable bonds is 0. The van der Waals surface area contributed by atoms with Gasteiger partial charge >= 0.3 is 0 Å². The molecule has 0 amide bonds. The van der Waals surface area contributed by atoms with Gasteiger partial charge < -0.3 is 9.47 Å². The highest BCUT2D eigenvalue weighted by molar-refractivity contribution is 5.19. The van der Waals surface area contributed by atoms with E-state index in [0.29, 0.717) is 17.8 Å². The molecule has 1 spiro atoms. The second-order valence-electron chi connectivity index (χ2n) is 6.85. The molecule has 4 heteroatoms. The third-order valence-electron chi connectivity index (χ3n) is 5.65. The molecule has 106 valence electrons. The van der Waals surface area contributed by atoms with Crippen LogP contribution in [0.2, 0.25) is 0 Å². The molecule has 4 heterocycles. The maximum absolute atomic E-state index is 6.11. The minimum Gasteiger partial charge on any atom is -0.469 e. The van der Waals surface area contributed by atoms with Gasteiger partial charge in [-0.3, -0.25) is 0 Å². The van der Waals surface area contributed by atoms with Gasteiger partial charge in [0.25, 0.3) is 0 Å². The zero-order valence-corrected chi connectivity index (χ0v) is 11.8. The van der Waals surface area contributed by atoms with Gasteiger partial charge in [-0.05, 0) is 44.6 Å². The molecule has 0 radical (unpaired) electrons. The van der Waals surface area contributed by atoms with E-state index in [1.807, 2.05) is 13.2 Å². The Balaban J connectivity index is 1.85. The van der Waals surface area contributed by atoms with Crippen molar-refractivity contribution in [1.82, 2.24) is 0 Å². The minimum atomic E-state index is -0.656. The zero-order valence-electron chi connectivity index (χ0n) is 11.8. The normalized spacial score (nSPS) is 55.8. The fourth-order valence-electron chi connectivity index (χ4n) is 4.55. The quantitative estimate of drug-likeness (QED) is 0.631. The van der Waals surface area contributed by atoms with E-state index in [2.05, 4.69) is 13.8 Å². The lowest BCUT2D eigenvalue weighted by atomic mass is 9.60. The first-order chi connectivity index (χ1) is 9.05. The summed E-state index contributed by atoms with van der Waals surface area (Å²) in [5.74, 6) is 0.775.